The van der Waals surface area contributed by atoms with Crippen LogP contribution in [0.2, 0.25) is 0 Å². The second kappa shape index (κ2) is 7.60. The first-order valence-corrected chi connectivity index (χ1v) is 5.44. The van der Waals surface area contributed by atoms with Crippen LogP contribution in [0.4, 0.5) is 0 Å². The van der Waals surface area contributed by atoms with E-state index < -0.39 is 11.7 Å². The van der Waals surface area contributed by atoms with Gasteiger partial charge in [-0.1, -0.05) is 0 Å². The van der Waals surface area contributed by atoms with E-state index in [0.29, 0.717) is 26.1 Å². The SMILES string of the molecule is COCC(O)CNCCC(=O)OC(C)(C)C. The molecule has 0 aromatic heterocycles. The van der Waals surface area contributed by atoms with Gasteiger partial charge in [0.2, 0.25) is 0 Å². The summed E-state index contributed by atoms with van der Waals surface area (Å²) in [5.41, 5.74) is -0.438. The van der Waals surface area contributed by atoms with E-state index in [4.69, 9.17) is 9.47 Å². The smallest absolute Gasteiger partial charge is 0.307 e. The summed E-state index contributed by atoms with van der Waals surface area (Å²) in [6.07, 6.45) is -0.236. The molecule has 0 aliphatic heterocycles. The Morgan fingerprint density at radius 2 is 2.06 bits per heavy atom. The highest BCUT2D eigenvalue weighted by Crippen LogP contribution is 2.07. The highest BCUT2D eigenvalue weighted by molar-refractivity contribution is 5.70. The third kappa shape index (κ3) is 9.89. The lowest BCUT2D eigenvalue weighted by Crippen LogP contribution is -2.32. The number of hydrogen-bond donors (Lipinski definition) is 2. The standard InChI is InChI=1S/C11H23NO4/c1-11(2,3)16-10(14)5-6-12-7-9(13)8-15-4/h9,12-13H,5-8H2,1-4H3. The monoisotopic (exact) mass is 233 g/mol. The van der Waals surface area contributed by atoms with Crippen molar-refractivity contribution in [2.75, 3.05) is 26.8 Å². The molecule has 0 aliphatic carbocycles. The van der Waals surface area contributed by atoms with Gasteiger partial charge in [0.25, 0.3) is 0 Å². The number of esters is 1. The molecule has 0 heterocycles. The summed E-state index contributed by atoms with van der Waals surface area (Å²) >= 11 is 0. The van der Waals surface area contributed by atoms with Crippen molar-refractivity contribution in [2.45, 2.75) is 38.9 Å². The molecule has 0 fully saturated rings. The van der Waals surface area contributed by atoms with Crippen LogP contribution >= 0.6 is 0 Å². The molecule has 0 spiro atoms. The summed E-state index contributed by atoms with van der Waals surface area (Å²) in [6, 6.07) is 0. The Morgan fingerprint density at radius 1 is 1.44 bits per heavy atom. The second-order valence-electron chi connectivity index (χ2n) is 4.65. The molecule has 5 nitrogen and oxygen atoms in total. The van der Waals surface area contributed by atoms with Crippen molar-refractivity contribution >= 4 is 5.97 Å². The highest BCUT2D eigenvalue weighted by atomic mass is 16.6. The van der Waals surface area contributed by atoms with Crippen LogP contribution in [0.15, 0.2) is 0 Å². The third-order valence-corrected chi connectivity index (χ3v) is 1.66. The van der Waals surface area contributed by atoms with Gasteiger partial charge in [-0.15, -0.1) is 0 Å². The van der Waals surface area contributed by atoms with Gasteiger partial charge in [0.05, 0.1) is 19.1 Å². The van der Waals surface area contributed by atoms with Gasteiger partial charge in [-0.2, -0.15) is 0 Å². The molecular formula is C11H23NO4. The lowest BCUT2D eigenvalue weighted by atomic mass is 10.2. The number of carbonyl (C=O) groups excluding carboxylic acids is 1. The van der Waals surface area contributed by atoms with Crippen LogP contribution in [-0.4, -0.2) is 49.6 Å². The number of methoxy groups -OCH3 is 1. The molecule has 0 rings (SSSR count). The van der Waals surface area contributed by atoms with Gasteiger partial charge in [-0.05, 0) is 20.8 Å². The van der Waals surface area contributed by atoms with E-state index >= 15 is 0 Å². The van der Waals surface area contributed by atoms with E-state index in [-0.39, 0.29) is 5.97 Å². The van der Waals surface area contributed by atoms with Crippen molar-refractivity contribution in [1.29, 1.82) is 0 Å². The summed E-state index contributed by atoms with van der Waals surface area (Å²) in [5.74, 6) is -0.235. The van der Waals surface area contributed by atoms with Crippen LogP contribution in [0.25, 0.3) is 0 Å². The number of ether oxygens (including phenoxy) is 2. The molecule has 1 unspecified atom stereocenters. The van der Waals surface area contributed by atoms with Gasteiger partial charge in [-0.25, -0.2) is 0 Å². The Hall–Kier alpha value is -0.650. The predicted molar refractivity (Wildman–Crippen MR) is 61.2 cm³/mol. The number of hydrogen-bond acceptors (Lipinski definition) is 5. The Morgan fingerprint density at radius 3 is 2.56 bits per heavy atom. The summed E-state index contributed by atoms with van der Waals surface area (Å²) in [4.78, 5) is 11.3. The number of nitrogens with one attached hydrogen (secondary N) is 1. The average molecular weight is 233 g/mol. The second-order valence-corrected chi connectivity index (χ2v) is 4.65. The van der Waals surface area contributed by atoms with Gasteiger partial charge < -0.3 is 19.9 Å². The summed E-state index contributed by atoms with van der Waals surface area (Å²) < 4.78 is 9.89. The lowest BCUT2D eigenvalue weighted by molar-refractivity contribution is -0.154. The van der Waals surface area contributed by atoms with Crippen LogP contribution in [0.1, 0.15) is 27.2 Å². The lowest BCUT2D eigenvalue weighted by Gasteiger charge is -2.19. The average Bonchev–Trinajstić information content (AvgIpc) is 2.10. The molecule has 0 saturated carbocycles. The minimum absolute atomic E-state index is 0.235. The minimum atomic E-state index is -0.538. The molecule has 96 valence electrons. The number of aliphatic hydroxyl groups is 1. The molecule has 0 bridgehead atoms. The van der Waals surface area contributed by atoms with Gasteiger partial charge in [0.1, 0.15) is 5.60 Å². The molecule has 0 aliphatic rings. The maximum Gasteiger partial charge on any atom is 0.307 e. The van der Waals surface area contributed by atoms with E-state index in [2.05, 4.69) is 5.32 Å². The Kier molecular flexibility index (Phi) is 7.29. The minimum Gasteiger partial charge on any atom is -0.460 e. The molecule has 0 aromatic rings. The van der Waals surface area contributed by atoms with Crippen molar-refractivity contribution in [2.24, 2.45) is 0 Å². The van der Waals surface area contributed by atoms with E-state index in [1.165, 1.54) is 7.11 Å². The van der Waals surface area contributed by atoms with E-state index in [0.717, 1.165) is 0 Å². The molecule has 0 aromatic carbocycles. The van der Waals surface area contributed by atoms with Crippen LogP contribution in [0, 0.1) is 0 Å². The highest BCUT2D eigenvalue weighted by Gasteiger charge is 2.15. The van der Waals surface area contributed by atoms with Crippen LogP contribution < -0.4 is 5.32 Å². The molecule has 16 heavy (non-hydrogen) atoms. The zero-order chi connectivity index (χ0) is 12.6. The summed E-state index contributed by atoms with van der Waals surface area (Å²) in [6.45, 7) is 6.70. The molecular weight excluding hydrogens is 210 g/mol. The van der Waals surface area contributed by atoms with Crippen LogP contribution in [0.3, 0.4) is 0 Å². The maximum absolute atomic E-state index is 11.3. The maximum atomic E-state index is 11.3. The fourth-order valence-electron chi connectivity index (χ4n) is 1.10. The Bertz CT molecular complexity index is 201. The molecule has 0 radical (unpaired) electrons. The number of carbonyl (C=O) groups is 1. The van der Waals surface area contributed by atoms with Crippen molar-refractivity contribution in [3.63, 3.8) is 0 Å². The van der Waals surface area contributed by atoms with E-state index in [1.54, 1.807) is 0 Å². The van der Waals surface area contributed by atoms with Crippen molar-refractivity contribution in [1.82, 2.24) is 5.32 Å². The molecule has 2 N–H and O–H groups in total. The number of aliphatic hydroxyl groups excluding tert-OH is 1. The largest absolute Gasteiger partial charge is 0.460 e. The van der Waals surface area contributed by atoms with E-state index in [1.807, 2.05) is 20.8 Å². The first-order chi connectivity index (χ1) is 7.35. The van der Waals surface area contributed by atoms with E-state index in [9.17, 15) is 9.90 Å². The zero-order valence-electron chi connectivity index (χ0n) is 10.6. The quantitative estimate of drug-likeness (QED) is 0.489. The van der Waals surface area contributed by atoms with Gasteiger partial charge in [-0.3, -0.25) is 4.79 Å². The molecule has 0 amide bonds. The van der Waals surface area contributed by atoms with Crippen LogP contribution in [0.5, 0.6) is 0 Å². The molecule has 1 atom stereocenters. The first kappa shape index (κ1) is 15.3. The third-order valence-electron chi connectivity index (χ3n) is 1.66. The van der Waals surface area contributed by atoms with Gasteiger partial charge >= 0.3 is 5.97 Å². The first-order valence-electron chi connectivity index (χ1n) is 5.44. The summed E-state index contributed by atoms with van der Waals surface area (Å²) in [7, 11) is 1.53. The zero-order valence-corrected chi connectivity index (χ0v) is 10.6. The molecule has 5 heteroatoms. The van der Waals surface area contributed by atoms with Crippen LogP contribution in [-0.2, 0) is 14.3 Å². The molecule has 0 saturated heterocycles. The number of rotatable bonds is 7. The predicted octanol–water partition coefficient (Wildman–Crippen LogP) is 0.315. The van der Waals surface area contributed by atoms with Crippen molar-refractivity contribution in [3.8, 4) is 0 Å². The topological polar surface area (TPSA) is 67.8 Å². The summed E-state index contributed by atoms with van der Waals surface area (Å²) in [5, 5.41) is 12.3. The van der Waals surface area contributed by atoms with Gasteiger partial charge in [0, 0.05) is 20.2 Å². The fraction of sp³-hybridized carbons (Fsp3) is 0.909. The van der Waals surface area contributed by atoms with Crippen molar-refractivity contribution in [3.05, 3.63) is 0 Å². The fourth-order valence-corrected chi connectivity index (χ4v) is 1.10. The Labute approximate surface area is 97.1 Å². The van der Waals surface area contributed by atoms with Gasteiger partial charge in [0.15, 0.2) is 0 Å². The van der Waals surface area contributed by atoms with Crippen molar-refractivity contribution < 1.29 is 19.4 Å². The Balaban J connectivity index is 3.48. The normalized spacial score (nSPS) is 13.6.